The van der Waals surface area contributed by atoms with Crippen LogP contribution in [0.2, 0.25) is 0 Å². The van der Waals surface area contributed by atoms with Crippen LogP contribution >= 0.6 is 0 Å². The van der Waals surface area contributed by atoms with Crippen LogP contribution in [0.4, 0.5) is 0 Å². The van der Waals surface area contributed by atoms with Crippen LogP contribution in [0.25, 0.3) is 17.2 Å². The number of benzene rings is 2. The van der Waals surface area contributed by atoms with Gasteiger partial charge >= 0.3 is 108 Å². The van der Waals surface area contributed by atoms with Gasteiger partial charge in [0, 0.05) is 0 Å². The Morgan fingerprint density at radius 3 is 2.50 bits per heavy atom. The Hall–Kier alpha value is -1.11. The van der Waals surface area contributed by atoms with Crippen LogP contribution in [0, 0.1) is 0 Å². The van der Waals surface area contributed by atoms with Crippen molar-refractivity contribution in [3.63, 3.8) is 0 Å². The van der Waals surface area contributed by atoms with Crippen molar-refractivity contribution in [3.8, 4) is 11.1 Å². The number of fused-ring (bicyclic) bond motifs is 1. The topological polar surface area (TPSA) is 0 Å². The van der Waals surface area contributed by atoms with Gasteiger partial charge in [0.2, 0.25) is 0 Å². The average Bonchev–Trinajstić information content (AvgIpc) is 2.72. The molecule has 0 radical (unpaired) electrons. The molecule has 1 heteroatoms. The van der Waals surface area contributed by atoms with E-state index in [1.54, 1.807) is 0 Å². The van der Waals surface area contributed by atoms with Crippen molar-refractivity contribution in [1.82, 2.24) is 0 Å². The summed E-state index contributed by atoms with van der Waals surface area (Å²) in [6, 6.07) is 17.3. The van der Waals surface area contributed by atoms with Crippen molar-refractivity contribution in [2.75, 3.05) is 0 Å². The number of rotatable bonds is 1. The van der Waals surface area contributed by atoms with Gasteiger partial charge in [-0.05, 0) is 0 Å². The summed E-state index contributed by atoms with van der Waals surface area (Å²) in [6.45, 7) is 0. The summed E-state index contributed by atoms with van der Waals surface area (Å²) in [6.07, 6.45) is 4.49. The molecule has 1 atom stereocenters. The van der Waals surface area contributed by atoms with Gasteiger partial charge in [-0.15, -0.1) is 0 Å². The van der Waals surface area contributed by atoms with Gasteiger partial charge in [0.1, 0.15) is 0 Å². The molecule has 2 aromatic carbocycles. The molecular formula is C15H11Ti. The first-order valence-corrected chi connectivity index (χ1v) is 6.33. The zero-order valence-corrected chi connectivity index (χ0v) is 10.4. The molecule has 1 aliphatic rings. The zero-order valence-electron chi connectivity index (χ0n) is 8.85. The van der Waals surface area contributed by atoms with Crippen molar-refractivity contribution in [1.29, 1.82) is 0 Å². The van der Waals surface area contributed by atoms with Gasteiger partial charge < -0.3 is 0 Å². The fraction of sp³-hybridized carbons (Fsp3) is 0.0667. The first-order chi connectivity index (χ1) is 7.84. The standard InChI is InChI=1S/C15H11.Ti/c1-2-5-12(6-3-1)15-10-9-13-7-4-8-14(13)11-15;/h1-11H;. The summed E-state index contributed by atoms with van der Waals surface area (Å²) in [5, 5.41) is 0. The minimum absolute atomic E-state index is 0.569. The molecule has 0 aromatic heterocycles. The van der Waals surface area contributed by atoms with Crippen LogP contribution in [0.15, 0.2) is 54.6 Å². The molecule has 1 aliphatic carbocycles. The third-order valence-corrected chi connectivity index (χ3v) is 3.78. The molecular weight excluding hydrogens is 228 g/mol. The first kappa shape index (κ1) is 10.1. The van der Waals surface area contributed by atoms with Gasteiger partial charge in [0.25, 0.3) is 0 Å². The molecule has 0 amide bonds. The normalized spacial score (nSPS) is 17.3. The SMILES string of the molecule is [Ti][CH]1C=Cc2cc(-c3ccccc3)ccc21. The molecule has 2 aromatic rings. The Kier molecular flexibility index (Phi) is 2.55. The molecule has 1 unspecified atom stereocenters. The molecule has 75 valence electrons. The predicted molar refractivity (Wildman–Crippen MR) is 63.7 cm³/mol. The monoisotopic (exact) mass is 239 g/mol. The molecule has 0 N–H and O–H groups in total. The predicted octanol–water partition coefficient (Wildman–Crippen LogP) is 3.97. The Bertz CT molecular complexity index is 541. The summed E-state index contributed by atoms with van der Waals surface area (Å²) in [5.41, 5.74) is 5.41. The van der Waals surface area contributed by atoms with Gasteiger partial charge in [0.15, 0.2) is 0 Å². The molecule has 16 heavy (non-hydrogen) atoms. The Morgan fingerprint density at radius 2 is 1.69 bits per heavy atom. The van der Waals surface area contributed by atoms with Crippen molar-refractivity contribution in [3.05, 3.63) is 65.7 Å². The van der Waals surface area contributed by atoms with Gasteiger partial charge in [-0.25, -0.2) is 0 Å². The molecule has 0 fully saturated rings. The van der Waals surface area contributed by atoms with E-state index < -0.39 is 0 Å². The Morgan fingerprint density at radius 1 is 0.875 bits per heavy atom. The molecule has 0 saturated carbocycles. The van der Waals surface area contributed by atoms with E-state index in [4.69, 9.17) is 0 Å². The molecule has 0 spiro atoms. The number of hydrogen-bond acceptors (Lipinski definition) is 0. The van der Waals surface area contributed by atoms with E-state index in [9.17, 15) is 0 Å². The molecule has 0 saturated heterocycles. The van der Waals surface area contributed by atoms with E-state index in [-0.39, 0.29) is 0 Å². The van der Waals surface area contributed by atoms with E-state index in [0.29, 0.717) is 4.22 Å². The molecule has 3 rings (SSSR count). The van der Waals surface area contributed by atoms with Crippen molar-refractivity contribution in [2.45, 2.75) is 4.22 Å². The maximum atomic E-state index is 2.28. The zero-order chi connectivity index (χ0) is 11.0. The summed E-state index contributed by atoms with van der Waals surface area (Å²) in [7, 11) is 0. The molecule has 0 aliphatic heterocycles. The van der Waals surface area contributed by atoms with E-state index in [1.165, 1.54) is 22.3 Å². The van der Waals surface area contributed by atoms with E-state index in [0.717, 1.165) is 0 Å². The van der Waals surface area contributed by atoms with Crippen molar-refractivity contribution >= 4 is 6.08 Å². The summed E-state index contributed by atoms with van der Waals surface area (Å²) >= 11 is 2.24. The Balaban J connectivity index is 2.09. The fourth-order valence-corrected chi connectivity index (χ4v) is 2.68. The first-order valence-electron chi connectivity index (χ1n) is 5.43. The third kappa shape index (κ3) is 1.69. The second-order valence-corrected chi connectivity index (χ2v) is 5.02. The third-order valence-electron chi connectivity index (χ3n) is 3.00. The second kappa shape index (κ2) is 4.05. The fourth-order valence-electron chi connectivity index (χ4n) is 2.12. The van der Waals surface area contributed by atoms with E-state index in [2.05, 4.69) is 81.1 Å². The minimum atomic E-state index is 0.569. The Labute approximate surface area is 107 Å². The van der Waals surface area contributed by atoms with Crippen LogP contribution in [-0.2, 0) is 20.4 Å². The van der Waals surface area contributed by atoms with Crippen LogP contribution in [0.1, 0.15) is 15.3 Å². The van der Waals surface area contributed by atoms with Gasteiger partial charge in [-0.1, -0.05) is 0 Å². The van der Waals surface area contributed by atoms with E-state index >= 15 is 0 Å². The summed E-state index contributed by atoms with van der Waals surface area (Å²) in [5.74, 6) is 0. The van der Waals surface area contributed by atoms with Gasteiger partial charge in [-0.2, -0.15) is 0 Å². The quantitative estimate of drug-likeness (QED) is 0.660. The van der Waals surface area contributed by atoms with Crippen LogP contribution in [0.5, 0.6) is 0 Å². The van der Waals surface area contributed by atoms with Gasteiger partial charge in [-0.3, -0.25) is 0 Å². The van der Waals surface area contributed by atoms with Crippen molar-refractivity contribution < 1.29 is 20.4 Å². The van der Waals surface area contributed by atoms with Crippen molar-refractivity contribution in [2.24, 2.45) is 0 Å². The summed E-state index contributed by atoms with van der Waals surface area (Å²) < 4.78 is 0.569. The molecule has 0 nitrogen and oxygen atoms in total. The molecule has 0 heterocycles. The molecule has 0 bridgehead atoms. The second-order valence-electron chi connectivity index (χ2n) is 4.05. The number of hydrogen-bond donors (Lipinski definition) is 0. The summed E-state index contributed by atoms with van der Waals surface area (Å²) in [4.78, 5) is 0. The average molecular weight is 239 g/mol. The van der Waals surface area contributed by atoms with Crippen LogP contribution < -0.4 is 0 Å². The van der Waals surface area contributed by atoms with E-state index in [1.807, 2.05) is 0 Å². The van der Waals surface area contributed by atoms with Crippen LogP contribution in [-0.4, -0.2) is 0 Å². The van der Waals surface area contributed by atoms with Crippen LogP contribution in [0.3, 0.4) is 0 Å². The number of allylic oxidation sites excluding steroid dienone is 1. The van der Waals surface area contributed by atoms with Gasteiger partial charge in [0.05, 0.1) is 0 Å². The maximum absolute atomic E-state index is 2.28.